The number of rotatable bonds is 9. The molecule has 1 saturated heterocycles. The molecule has 224 valence electrons. The van der Waals surface area contributed by atoms with E-state index in [-0.39, 0.29) is 12.5 Å². The van der Waals surface area contributed by atoms with Crippen molar-refractivity contribution in [2.45, 2.75) is 30.5 Å². The number of fused-ring (bicyclic) bond motifs is 1. The number of nitrogens with zero attached hydrogens (tertiary/aromatic N) is 4. The number of hydrogen-bond acceptors (Lipinski definition) is 7. The summed E-state index contributed by atoms with van der Waals surface area (Å²) in [4.78, 5) is 26.0. The van der Waals surface area contributed by atoms with Gasteiger partial charge in [0.15, 0.2) is 17.0 Å². The minimum absolute atomic E-state index is 0.121. The Balaban J connectivity index is 1.16. The monoisotopic (exact) mass is 597 g/mol. The second-order valence-electron chi connectivity index (χ2n) is 10.9. The molecule has 0 radical (unpaired) electrons. The van der Waals surface area contributed by atoms with E-state index in [0.717, 1.165) is 16.7 Å². The van der Waals surface area contributed by atoms with Gasteiger partial charge < -0.3 is 19.9 Å². The van der Waals surface area contributed by atoms with Gasteiger partial charge in [0, 0.05) is 12.0 Å². The number of anilines is 1. The fourth-order valence-electron chi connectivity index (χ4n) is 5.93. The predicted molar refractivity (Wildman–Crippen MR) is 169 cm³/mol. The van der Waals surface area contributed by atoms with Crippen LogP contribution in [0.25, 0.3) is 11.2 Å². The van der Waals surface area contributed by atoms with E-state index in [2.05, 4.69) is 56.7 Å². The highest BCUT2D eigenvalue weighted by molar-refractivity contribution is 6.06. The molecule has 0 aliphatic carbocycles. The van der Waals surface area contributed by atoms with Crippen LogP contribution >= 0.6 is 0 Å². The SMILES string of the molecule is O=C(Nc1ncnc2c1ncn2C1CC(O)C(COC(c2ccccc2)(c2ccccc2)c2ccccc2)O1)c1ccccc1. The quantitative estimate of drug-likeness (QED) is 0.205. The summed E-state index contributed by atoms with van der Waals surface area (Å²) < 4.78 is 15.1. The molecule has 7 rings (SSSR count). The summed E-state index contributed by atoms with van der Waals surface area (Å²) in [5, 5.41) is 14.0. The first kappa shape index (κ1) is 28.5. The lowest BCUT2D eigenvalue weighted by Crippen LogP contribution is -2.38. The van der Waals surface area contributed by atoms with Crippen LogP contribution in [0.15, 0.2) is 134 Å². The number of ether oxygens (including phenoxy) is 2. The van der Waals surface area contributed by atoms with E-state index < -0.39 is 24.0 Å². The van der Waals surface area contributed by atoms with Crippen molar-refractivity contribution >= 4 is 22.9 Å². The maximum Gasteiger partial charge on any atom is 0.256 e. The molecule has 1 aliphatic rings. The predicted octanol–water partition coefficient (Wildman–Crippen LogP) is 5.74. The summed E-state index contributed by atoms with van der Waals surface area (Å²) >= 11 is 0. The fraction of sp³-hybridized carbons (Fsp3) is 0.167. The van der Waals surface area contributed by atoms with Gasteiger partial charge in [-0.2, -0.15) is 0 Å². The zero-order valence-corrected chi connectivity index (χ0v) is 24.3. The highest BCUT2D eigenvalue weighted by Gasteiger charge is 2.42. The Bertz CT molecular complexity index is 1790. The second kappa shape index (κ2) is 12.4. The number of aromatic nitrogens is 4. The van der Waals surface area contributed by atoms with Gasteiger partial charge in [0.2, 0.25) is 0 Å². The minimum atomic E-state index is -0.939. The molecule has 6 aromatic rings. The average Bonchev–Trinajstić information content (AvgIpc) is 3.70. The first-order valence-electron chi connectivity index (χ1n) is 14.8. The highest BCUT2D eigenvalue weighted by atomic mass is 16.6. The summed E-state index contributed by atoms with van der Waals surface area (Å²) in [6.45, 7) is 0.121. The number of hydrogen-bond donors (Lipinski definition) is 2. The summed E-state index contributed by atoms with van der Waals surface area (Å²) in [6.07, 6.45) is 1.31. The van der Waals surface area contributed by atoms with Crippen molar-refractivity contribution in [3.8, 4) is 0 Å². The highest BCUT2D eigenvalue weighted by Crippen LogP contribution is 2.42. The summed E-state index contributed by atoms with van der Waals surface area (Å²) in [7, 11) is 0. The van der Waals surface area contributed by atoms with Crippen LogP contribution in [0.1, 0.15) is 39.7 Å². The van der Waals surface area contributed by atoms with Gasteiger partial charge in [-0.15, -0.1) is 0 Å². The molecule has 3 atom stereocenters. The molecule has 45 heavy (non-hydrogen) atoms. The van der Waals surface area contributed by atoms with Gasteiger partial charge in [-0.3, -0.25) is 9.36 Å². The molecule has 2 aromatic heterocycles. The number of benzene rings is 4. The third-order valence-corrected chi connectivity index (χ3v) is 8.15. The Morgan fingerprint density at radius 1 is 0.822 bits per heavy atom. The first-order valence-corrected chi connectivity index (χ1v) is 14.8. The Morgan fingerprint density at radius 3 is 1.96 bits per heavy atom. The van der Waals surface area contributed by atoms with Crippen LogP contribution in [0.4, 0.5) is 5.82 Å². The van der Waals surface area contributed by atoms with E-state index in [0.29, 0.717) is 29.0 Å². The standard InChI is InChI=1S/C36H31N5O4/c42-29-21-31(41-24-39-32-33(37-23-38-34(32)41)40-35(43)25-13-5-1-6-14-25)45-30(29)22-44-36(26-15-7-2-8-16-26,27-17-9-3-10-18-27)28-19-11-4-12-20-28/h1-20,23-24,29-31,42H,21-22H2,(H,37,38,40,43). The van der Waals surface area contributed by atoms with Crippen LogP contribution in [0.2, 0.25) is 0 Å². The van der Waals surface area contributed by atoms with Crippen LogP contribution in [0, 0.1) is 0 Å². The van der Waals surface area contributed by atoms with Crippen molar-refractivity contribution in [1.82, 2.24) is 19.5 Å². The molecule has 3 unspecified atom stereocenters. The minimum Gasteiger partial charge on any atom is -0.390 e. The lowest BCUT2D eigenvalue weighted by atomic mass is 9.80. The second-order valence-corrected chi connectivity index (χ2v) is 10.9. The molecule has 2 N–H and O–H groups in total. The van der Waals surface area contributed by atoms with Crippen molar-refractivity contribution in [1.29, 1.82) is 0 Å². The van der Waals surface area contributed by atoms with E-state index in [4.69, 9.17) is 9.47 Å². The zero-order chi connectivity index (χ0) is 30.6. The molecular formula is C36H31N5O4. The number of carbonyl (C=O) groups excluding carboxylic acids is 1. The lowest BCUT2D eigenvalue weighted by Gasteiger charge is -2.37. The van der Waals surface area contributed by atoms with Crippen LogP contribution in [0.5, 0.6) is 0 Å². The van der Waals surface area contributed by atoms with Gasteiger partial charge in [-0.05, 0) is 28.8 Å². The largest absolute Gasteiger partial charge is 0.390 e. The molecule has 0 spiro atoms. The van der Waals surface area contributed by atoms with Gasteiger partial charge in [0.1, 0.15) is 24.3 Å². The Kier molecular flexibility index (Phi) is 7.87. The third kappa shape index (κ3) is 5.49. The zero-order valence-electron chi connectivity index (χ0n) is 24.3. The van der Waals surface area contributed by atoms with E-state index in [1.807, 2.05) is 60.7 Å². The van der Waals surface area contributed by atoms with E-state index in [1.165, 1.54) is 6.33 Å². The van der Waals surface area contributed by atoms with Crippen molar-refractivity contribution in [2.75, 3.05) is 11.9 Å². The van der Waals surface area contributed by atoms with Gasteiger partial charge in [0.05, 0.1) is 19.0 Å². The van der Waals surface area contributed by atoms with Crippen molar-refractivity contribution in [3.05, 3.63) is 156 Å². The van der Waals surface area contributed by atoms with Crippen LogP contribution in [-0.4, -0.2) is 49.3 Å². The van der Waals surface area contributed by atoms with Crippen LogP contribution < -0.4 is 5.32 Å². The maximum absolute atomic E-state index is 12.8. The molecule has 0 saturated carbocycles. The summed E-state index contributed by atoms with van der Waals surface area (Å²) in [5.41, 5.74) is 3.38. The molecule has 1 amide bonds. The smallest absolute Gasteiger partial charge is 0.256 e. The molecule has 9 nitrogen and oxygen atoms in total. The third-order valence-electron chi connectivity index (χ3n) is 8.15. The lowest BCUT2D eigenvalue weighted by molar-refractivity contribution is -0.0930. The molecule has 1 aliphatic heterocycles. The number of imidazole rings is 1. The average molecular weight is 598 g/mol. The van der Waals surface area contributed by atoms with Crippen molar-refractivity contribution in [3.63, 3.8) is 0 Å². The van der Waals surface area contributed by atoms with E-state index in [9.17, 15) is 9.90 Å². The molecule has 0 bridgehead atoms. The first-order chi connectivity index (χ1) is 22.1. The van der Waals surface area contributed by atoms with E-state index in [1.54, 1.807) is 35.2 Å². The molecule has 3 heterocycles. The van der Waals surface area contributed by atoms with Crippen LogP contribution in [0.3, 0.4) is 0 Å². The molecule has 4 aromatic carbocycles. The summed E-state index contributed by atoms with van der Waals surface area (Å²) in [6, 6.07) is 39.2. The van der Waals surface area contributed by atoms with Gasteiger partial charge in [-0.25, -0.2) is 15.0 Å². The Hall–Kier alpha value is -5.22. The van der Waals surface area contributed by atoms with Crippen molar-refractivity contribution < 1.29 is 19.4 Å². The van der Waals surface area contributed by atoms with Gasteiger partial charge in [-0.1, -0.05) is 109 Å². The summed E-state index contributed by atoms with van der Waals surface area (Å²) in [5.74, 6) is -0.00182. The maximum atomic E-state index is 12.8. The van der Waals surface area contributed by atoms with Gasteiger partial charge in [0.25, 0.3) is 5.91 Å². The van der Waals surface area contributed by atoms with Gasteiger partial charge >= 0.3 is 0 Å². The Morgan fingerprint density at radius 2 is 1.38 bits per heavy atom. The van der Waals surface area contributed by atoms with Crippen LogP contribution in [-0.2, 0) is 15.1 Å². The molecule has 1 fully saturated rings. The molecular weight excluding hydrogens is 566 g/mol. The van der Waals surface area contributed by atoms with E-state index >= 15 is 0 Å². The fourth-order valence-corrected chi connectivity index (χ4v) is 5.93. The molecule has 9 heteroatoms. The number of nitrogens with one attached hydrogen (secondary N) is 1. The number of amides is 1. The number of aliphatic hydroxyl groups excluding tert-OH is 1. The number of aliphatic hydroxyl groups is 1. The Labute approximate surface area is 260 Å². The normalized spacial score (nSPS) is 18.2. The van der Waals surface area contributed by atoms with Crippen molar-refractivity contribution in [2.24, 2.45) is 0 Å². The number of carbonyl (C=O) groups is 1. The topological polar surface area (TPSA) is 111 Å².